The van der Waals surface area contributed by atoms with E-state index in [9.17, 15) is 9.59 Å². The molecule has 1 heterocycles. The largest absolute Gasteiger partial charge is 0.448 e. The first-order chi connectivity index (χ1) is 7.15. The van der Waals surface area contributed by atoms with E-state index in [-0.39, 0.29) is 0 Å². The van der Waals surface area contributed by atoms with E-state index in [2.05, 4.69) is 6.92 Å². The standard InChI is InChI=1S/C11H18O4/c1-3-4-5-6-7-9-11(13)14-8(2)10(12)15-9/h8-9H,3-7H2,1-2H3. The van der Waals surface area contributed by atoms with Crippen LogP contribution in [0, 0.1) is 0 Å². The van der Waals surface area contributed by atoms with Crippen LogP contribution < -0.4 is 0 Å². The van der Waals surface area contributed by atoms with Gasteiger partial charge in [-0.05, 0) is 19.8 Å². The summed E-state index contributed by atoms with van der Waals surface area (Å²) in [5.41, 5.74) is 0. The summed E-state index contributed by atoms with van der Waals surface area (Å²) in [7, 11) is 0. The van der Waals surface area contributed by atoms with Crippen molar-refractivity contribution in [1.29, 1.82) is 0 Å². The maximum absolute atomic E-state index is 11.3. The molecule has 0 aromatic carbocycles. The molecule has 0 saturated carbocycles. The van der Waals surface area contributed by atoms with Crippen LogP contribution in [0.2, 0.25) is 0 Å². The molecule has 0 radical (unpaired) electrons. The average Bonchev–Trinajstić information content (AvgIpc) is 2.20. The highest BCUT2D eigenvalue weighted by atomic mass is 16.6. The van der Waals surface area contributed by atoms with Crippen LogP contribution in [0.15, 0.2) is 0 Å². The first-order valence-corrected chi connectivity index (χ1v) is 5.56. The lowest BCUT2D eigenvalue weighted by Gasteiger charge is -2.25. The molecule has 0 N–H and O–H groups in total. The zero-order chi connectivity index (χ0) is 11.3. The molecule has 0 aromatic rings. The average molecular weight is 214 g/mol. The van der Waals surface area contributed by atoms with Crippen LogP contribution in [0.1, 0.15) is 46.0 Å². The van der Waals surface area contributed by atoms with Crippen molar-refractivity contribution in [1.82, 2.24) is 0 Å². The minimum Gasteiger partial charge on any atom is -0.448 e. The minimum absolute atomic E-state index is 0.404. The molecule has 4 heteroatoms. The van der Waals surface area contributed by atoms with Gasteiger partial charge in [0.05, 0.1) is 0 Å². The molecule has 0 bridgehead atoms. The van der Waals surface area contributed by atoms with Crippen LogP contribution in [0.25, 0.3) is 0 Å². The Labute approximate surface area is 89.9 Å². The summed E-state index contributed by atoms with van der Waals surface area (Å²) in [6.45, 7) is 3.64. The normalized spacial score (nSPS) is 26.0. The summed E-state index contributed by atoms with van der Waals surface area (Å²) in [6.07, 6.45) is 3.41. The third-order valence-electron chi connectivity index (χ3n) is 2.47. The van der Waals surface area contributed by atoms with Gasteiger partial charge in [0.1, 0.15) is 0 Å². The third-order valence-corrected chi connectivity index (χ3v) is 2.47. The predicted molar refractivity (Wildman–Crippen MR) is 54.2 cm³/mol. The molecule has 1 aliphatic rings. The Morgan fingerprint density at radius 1 is 1.07 bits per heavy atom. The van der Waals surface area contributed by atoms with E-state index in [4.69, 9.17) is 9.47 Å². The summed E-state index contributed by atoms with van der Waals surface area (Å²) >= 11 is 0. The van der Waals surface area contributed by atoms with E-state index >= 15 is 0 Å². The second-order valence-electron chi connectivity index (χ2n) is 3.85. The number of hydrogen-bond acceptors (Lipinski definition) is 4. The monoisotopic (exact) mass is 214 g/mol. The zero-order valence-electron chi connectivity index (χ0n) is 9.32. The van der Waals surface area contributed by atoms with Gasteiger partial charge in [0, 0.05) is 0 Å². The first kappa shape index (κ1) is 12.0. The van der Waals surface area contributed by atoms with Crippen molar-refractivity contribution < 1.29 is 19.1 Å². The van der Waals surface area contributed by atoms with E-state index in [1.54, 1.807) is 0 Å². The number of rotatable bonds is 5. The van der Waals surface area contributed by atoms with Gasteiger partial charge in [-0.25, -0.2) is 9.59 Å². The van der Waals surface area contributed by atoms with E-state index in [0.717, 1.165) is 25.7 Å². The highest BCUT2D eigenvalue weighted by Gasteiger charge is 2.34. The van der Waals surface area contributed by atoms with Crippen molar-refractivity contribution in [3.05, 3.63) is 0 Å². The fourth-order valence-corrected chi connectivity index (χ4v) is 1.52. The number of ether oxygens (including phenoxy) is 2. The van der Waals surface area contributed by atoms with Gasteiger partial charge in [-0.3, -0.25) is 0 Å². The Balaban J connectivity index is 2.29. The fraction of sp³-hybridized carbons (Fsp3) is 0.818. The second-order valence-corrected chi connectivity index (χ2v) is 3.85. The summed E-state index contributed by atoms with van der Waals surface area (Å²) in [6, 6.07) is 0. The molecule has 86 valence electrons. The summed E-state index contributed by atoms with van der Waals surface area (Å²) < 4.78 is 9.83. The van der Waals surface area contributed by atoms with Gasteiger partial charge in [-0.1, -0.05) is 26.2 Å². The third kappa shape index (κ3) is 3.53. The molecular formula is C11H18O4. The molecule has 2 unspecified atom stereocenters. The Hall–Kier alpha value is -1.06. The molecule has 0 aliphatic carbocycles. The highest BCUT2D eigenvalue weighted by molar-refractivity contribution is 5.87. The van der Waals surface area contributed by atoms with Gasteiger partial charge >= 0.3 is 11.9 Å². The smallest absolute Gasteiger partial charge is 0.348 e. The number of unbranched alkanes of at least 4 members (excludes halogenated alkanes) is 3. The molecule has 4 nitrogen and oxygen atoms in total. The molecule has 1 rings (SSSR count). The minimum atomic E-state index is -0.746. The molecule has 1 aliphatic heterocycles. The van der Waals surface area contributed by atoms with Crippen molar-refractivity contribution in [3.8, 4) is 0 Å². The van der Waals surface area contributed by atoms with E-state index < -0.39 is 24.1 Å². The lowest BCUT2D eigenvalue weighted by molar-refractivity contribution is -0.193. The summed E-state index contributed by atoms with van der Waals surface area (Å²) in [4.78, 5) is 22.5. The lowest BCUT2D eigenvalue weighted by atomic mass is 10.1. The Bertz CT molecular complexity index is 237. The molecule has 1 saturated heterocycles. The Morgan fingerprint density at radius 3 is 2.47 bits per heavy atom. The van der Waals surface area contributed by atoms with Crippen LogP contribution >= 0.6 is 0 Å². The highest BCUT2D eigenvalue weighted by Crippen LogP contribution is 2.16. The zero-order valence-corrected chi connectivity index (χ0v) is 9.32. The Morgan fingerprint density at radius 2 is 1.80 bits per heavy atom. The first-order valence-electron chi connectivity index (χ1n) is 5.56. The molecule has 0 spiro atoms. The van der Waals surface area contributed by atoms with E-state index in [1.165, 1.54) is 6.92 Å². The topological polar surface area (TPSA) is 52.6 Å². The van der Waals surface area contributed by atoms with Gasteiger partial charge in [-0.2, -0.15) is 0 Å². The van der Waals surface area contributed by atoms with Crippen molar-refractivity contribution in [2.75, 3.05) is 0 Å². The predicted octanol–water partition coefficient (Wildman–Crippen LogP) is 1.81. The van der Waals surface area contributed by atoms with Gasteiger partial charge in [0.15, 0.2) is 12.2 Å². The summed E-state index contributed by atoms with van der Waals surface area (Å²) in [5.74, 6) is -0.839. The number of hydrogen-bond donors (Lipinski definition) is 0. The summed E-state index contributed by atoms with van der Waals surface area (Å²) in [5, 5.41) is 0. The number of carbonyl (C=O) groups excluding carboxylic acids is 2. The van der Waals surface area contributed by atoms with Crippen molar-refractivity contribution in [2.45, 2.75) is 58.2 Å². The molecule has 0 aromatic heterocycles. The van der Waals surface area contributed by atoms with Crippen LogP contribution in [0.4, 0.5) is 0 Å². The maximum Gasteiger partial charge on any atom is 0.348 e. The lowest BCUT2D eigenvalue weighted by Crippen LogP contribution is -2.42. The van der Waals surface area contributed by atoms with Crippen LogP contribution in [0.5, 0.6) is 0 Å². The number of carbonyl (C=O) groups is 2. The van der Waals surface area contributed by atoms with Crippen LogP contribution in [-0.4, -0.2) is 24.1 Å². The van der Waals surface area contributed by atoms with Crippen molar-refractivity contribution in [3.63, 3.8) is 0 Å². The fourth-order valence-electron chi connectivity index (χ4n) is 1.52. The number of cyclic esters (lactones) is 2. The molecule has 15 heavy (non-hydrogen) atoms. The molecular weight excluding hydrogens is 196 g/mol. The quantitative estimate of drug-likeness (QED) is 0.517. The van der Waals surface area contributed by atoms with Crippen molar-refractivity contribution >= 4 is 11.9 Å². The van der Waals surface area contributed by atoms with Gasteiger partial charge < -0.3 is 9.47 Å². The van der Waals surface area contributed by atoms with Gasteiger partial charge in [0.2, 0.25) is 0 Å². The van der Waals surface area contributed by atoms with Crippen molar-refractivity contribution in [2.24, 2.45) is 0 Å². The molecule has 0 amide bonds. The maximum atomic E-state index is 11.3. The van der Waals surface area contributed by atoms with E-state index in [0.29, 0.717) is 6.42 Å². The molecule has 2 atom stereocenters. The van der Waals surface area contributed by atoms with Crippen LogP contribution in [0.3, 0.4) is 0 Å². The SMILES string of the molecule is CCCCCCC1OC(=O)C(C)OC1=O. The van der Waals surface area contributed by atoms with Crippen LogP contribution in [-0.2, 0) is 19.1 Å². The second kappa shape index (κ2) is 5.73. The Kier molecular flexibility index (Phi) is 4.59. The van der Waals surface area contributed by atoms with Gasteiger partial charge in [0.25, 0.3) is 0 Å². The van der Waals surface area contributed by atoms with Gasteiger partial charge in [-0.15, -0.1) is 0 Å². The molecule has 1 fully saturated rings. The van der Waals surface area contributed by atoms with E-state index in [1.807, 2.05) is 0 Å². The number of esters is 2.